The fraction of sp³-hybridized carbons (Fsp3) is 0.500. The van der Waals surface area contributed by atoms with Gasteiger partial charge in [0.15, 0.2) is 5.96 Å². The van der Waals surface area contributed by atoms with Gasteiger partial charge in [0.2, 0.25) is 0 Å². The Kier molecular flexibility index (Phi) is 8.15. The second kappa shape index (κ2) is 10.6. The lowest BCUT2D eigenvalue weighted by Gasteiger charge is -2.25. The predicted molar refractivity (Wildman–Crippen MR) is 108 cm³/mol. The third kappa shape index (κ3) is 6.88. The van der Waals surface area contributed by atoms with Crippen LogP contribution in [0.15, 0.2) is 47.7 Å². The maximum atomic E-state index is 4.29. The number of hydrogen-bond acceptors (Lipinski definition) is 3. The predicted octanol–water partition coefficient (Wildman–Crippen LogP) is 2.04. The molecule has 0 spiro atoms. The van der Waals surface area contributed by atoms with Crippen molar-refractivity contribution >= 4 is 5.96 Å². The standard InChI is InChI=1S/C20H32N6/c1-17(25(3)15-18-8-6-5-7-9-18)10-12-22-20(21-2)23-13-11-19-14-24-26(4)16-19/h5-9,14,16-17H,10-13,15H2,1-4H3,(H2,21,22,23). The van der Waals surface area contributed by atoms with Crippen molar-refractivity contribution in [3.63, 3.8) is 0 Å². The molecule has 2 N–H and O–H groups in total. The Labute approximate surface area is 157 Å². The van der Waals surface area contributed by atoms with Crippen LogP contribution in [-0.4, -0.2) is 53.9 Å². The molecular weight excluding hydrogens is 324 g/mol. The van der Waals surface area contributed by atoms with Gasteiger partial charge in [-0.05, 0) is 37.9 Å². The van der Waals surface area contributed by atoms with Crippen LogP contribution in [0.25, 0.3) is 0 Å². The third-order valence-electron chi connectivity index (χ3n) is 4.57. The molecule has 0 aliphatic carbocycles. The molecule has 0 saturated carbocycles. The van der Waals surface area contributed by atoms with Gasteiger partial charge in [0, 0.05) is 46.0 Å². The summed E-state index contributed by atoms with van der Waals surface area (Å²) >= 11 is 0. The normalized spacial score (nSPS) is 13.0. The molecule has 142 valence electrons. The lowest BCUT2D eigenvalue weighted by atomic mass is 10.1. The van der Waals surface area contributed by atoms with E-state index >= 15 is 0 Å². The summed E-state index contributed by atoms with van der Waals surface area (Å²) in [4.78, 5) is 6.68. The summed E-state index contributed by atoms with van der Waals surface area (Å²) in [5.41, 5.74) is 2.58. The fourth-order valence-corrected chi connectivity index (χ4v) is 2.79. The lowest BCUT2D eigenvalue weighted by molar-refractivity contribution is 0.238. The van der Waals surface area contributed by atoms with Gasteiger partial charge in [-0.3, -0.25) is 14.6 Å². The van der Waals surface area contributed by atoms with E-state index in [0.29, 0.717) is 6.04 Å². The minimum Gasteiger partial charge on any atom is -0.356 e. The van der Waals surface area contributed by atoms with Gasteiger partial charge in [-0.15, -0.1) is 0 Å². The van der Waals surface area contributed by atoms with Crippen molar-refractivity contribution in [2.75, 3.05) is 27.2 Å². The number of aromatic nitrogens is 2. The monoisotopic (exact) mass is 356 g/mol. The van der Waals surface area contributed by atoms with E-state index in [9.17, 15) is 0 Å². The Morgan fingerprint density at radius 1 is 1.19 bits per heavy atom. The minimum atomic E-state index is 0.496. The van der Waals surface area contributed by atoms with Gasteiger partial charge in [-0.1, -0.05) is 30.3 Å². The molecule has 2 rings (SSSR count). The SMILES string of the molecule is CN=C(NCCc1cnn(C)c1)NCCC(C)N(C)Cc1ccccc1. The highest BCUT2D eigenvalue weighted by Gasteiger charge is 2.09. The molecule has 1 unspecified atom stereocenters. The highest BCUT2D eigenvalue weighted by atomic mass is 15.2. The number of guanidine groups is 1. The van der Waals surface area contributed by atoms with Gasteiger partial charge >= 0.3 is 0 Å². The third-order valence-corrected chi connectivity index (χ3v) is 4.57. The minimum absolute atomic E-state index is 0.496. The smallest absolute Gasteiger partial charge is 0.190 e. The molecule has 6 nitrogen and oxygen atoms in total. The van der Waals surface area contributed by atoms with Crippen molar-refractivity contribution in [1.82, 2.24) is 25.3 Å². The van der Waals surface area contributed by atoms with E-state index < -0.39 is 0 Å². The van der Waals surface area contributed by atoms with Crippen LogP contribution in [0.1, 0.15) is 24.5 Å². The molecule has 0 bridgehead atoms. The zero-order chi connectivity index (χ0) is 18.8. The summed E-state index contributed by atoms with van der Waals surface area (Å²) in [7, 11) is 5.93. The van der Waals surface area contributed by atoms with Crippen LogP contribution >= 0.6 is 0 Å². The first-order valence-corrected chi connectivity index (χ1v) is 9.24. The summed E-state index contributed by atoms with van der Waals surface area (Å²) in [5, 5.41) is 10.9. The van der Waals surface area contributed by atoms with E-state index in [0.717, 1.165) is 38.4 Å². The summed E-state index contributed by atoms with van der Waals surface area (Å²) < 4.78 is 1.83. The average molecular weight is 357 g/mol. The molecule has 26 heavy (non-hydrogen) atoms. The summed E-state index contributed by atoms with van der Waals surface area (Å²) in [6.45, 7) is 4.98. The summed E-state index contributed by atoms with van der Waals surface area (Å²) in [5.74, 6) is 0.854. The number of hydrogen-bond donors (Lipinski definition) is 2. The molecule has 0 aliphatic heterocycles. The Morgan fingerprint density at radius 2 is 1.92 bits per heavy atom. The molecule has 0 radical (unpaired) electrons. The second-order valence-corrected chi connectivity index (χ2v) is 6.74. The van der Waals surface area contributed by atoms with Crippen LogP contribution in [0.3, 0.4) is 0 Å². The number of nitrogens with zero attached hydrogens (tertiary/aromatic N) is 4. The summed E-state index contributed by atoms with van der Waals surface area (Å²) in [6.07, 6.45) is 5.95. The van der Waals surface area contributed by atoms with E-state index in [2.05, 4.69) is 69.9 Å². The van der Waals surface area contributed by atoms with E-state index in [1.165, 1.54) is 11.1 Å². The number of aliphatic imine (C=N–C) groups is 1. The first-order chi connectivity index (χ1) is 12.6. The first kappa shape index (κ1) is 20.0. The van der Waals surface area contributed by atoms with Crippen LogP contribution in [0.4, 0.5) is 0 Å². The van der Waals surface area contributed by atoms with Gasteiger partial charge in [-0.25, -0.2) is 0 Å². The Hall–Kier alpha value is -2.34. The second-order valence-electron chi connectivity index (χ2n) is 6.74. The molecular formula is C20H32N6. The van der Waals surface area contributed by atoms with Gasteiger partial charge in [-0.2, -0.15) is 5.10 Å². The maximum absolute atomic E-state index is 4.29. The molecule has 1 heterocycles. The molecule has 0 fully saturated rings. The molecule has 1 aromatic heterocycles. The zero-order valence-electron chi connectivity index (χ0n) is 16.4. The lowest BCUT2D eigenvalue weighted by Crippen LogP contribution is -2.40. The fourth-order valence-electron chi connectivity index (χ4n) is 2.79. The molecule has 0 amide bonds. The van der Waals surface area contributed by atoms with Gasteiger partial charge in [0.05, 0.1) is 6.20 Å². The van der Waals surface area contributed by atoms with Gasteiger partial charge in [0.25, 0.3) is 0 Å². The molecule has 2 aromatic rings. The van der Waals surface area contributed by atoms with Crippen molar-refractivity contribution in [2.24, 2.45) is 12.0 Å². The van der Waals surface area contributed by atoms with Crippen LogP contribution in [0.2, 0.25) is 0 Å². The van der Waals surface area contributed by atoms with Crippen molar-refractivity contribution in [1.29, 1.82) is 0 Å². The Morgan fingerprint density at radius 3 is 2.58 bits per heavy atom. The van der Waals surface area contributed by atoms with Gasteiger partial charge < -0.3 is 10.6 Å². The molecule has 0 saturated heterocycles. The van der Waals surface area contributed by atoms with Crippen LogP contribution in [0, 0.1) is 0 Å². The first-order valence-electron chi connectivity index (χ1n) is 9.24. The quantitative estimate of drug-likeness (QED) is 0.533. The number of nitrogens with one attached hydrogen (secondary N) is 2. The van der Waals surface area contributed by atoms with Crippen LogP contribution < -0.4 is 10.6 Å². The summed E-state index contributed by atoms with van der Waals surface area (Å²) in [6, 6.07) is 11.1. The van der Waals surface area contributed by atoms with E-state index in [4.69, 9.17) is 0 Å². The molecule has 6 heteroatoms. The van der Waals surface area contributed by atoms with Crippen molar-refractivity contribution in [2.45, 2.75) is 32.4 Å². The topological polar surface area (TPSA) is 57.5 Å². The van der Waals surface area contributed by atoms with Crippen LogP contribution in [-0.2, 0) is 20.0 Å². The number of benzene rings is 1. The van der Waals surface area contributed by atoms with E-state index in [-0.39, 0.29) is 0 Å². The van der Waals surface area contributed by atoms with E-state index in [1.54, 1.807) is 0 Å². The maximum Gasteiger partial charge on any atom is 0.190 e. The largest absolute Gasteiger partial charge is 0.356 e. The highest BCUT2D eigenvalue weighted by molar-refractivity contribution is 5.79. The molecule has 0 aliphatic rings. The van der Waals surface area contributed by atoms with Crippen molar-refractivity contribution in [3.8, 4) is 0 Å². The van der Waals surface area contributed by atoms with E-state index in [1.807, 2.05) is 31.2 Å². The number of aryl methyl sites for hydroxylation is 1. The highest BCUT2D eigenvalue weighted by Crippen LogP contribution is 2.07. The van der Waals surface area contributed by atoms with Crippen molar-refractivity contribution in [3.05, 3.63) is 53.9 Å². The molecule has 1 aromatic carbocycles. The van der Waals surface area contributed by atoms with Crippen molar-refractivity contribution < 1.29 is 0 Å². The van der Waals surface area contributed by atoms with Crippen LogP contribution in [0.5, 0.6) is 0 Å². The number of rotatable bonds is 9. The molecule has 1 atom stereocenters. The Balaban J connectivity index is 1.64. The van der Waals surface area contributed by atoms with Gasteiger partial charge in [0.1, 0.15) is 0 Å². The Bertz CT molecular complexity index is 664. The average Bonchev–Trinajstić information content (AvgIpc) is 3.06. The zero-order valence-corrected chi connectivity index (χ0v) is 16.4.